The number of anilines is 1. The molecule has 1 amide bonds. The zero-order valence-electron chi connectivity index (χ0n) is 9.77. The van der Waals surface area contributed by atoms with E-state index in [1.54, 1.807) is 0 Å². The SMILES string of the molecule is C[C@@H]1CNC[C@H]1C(=O)Nc1c(Br)cc(Br)cc1Br. The molecule has 1 aliphatic heterocycles. The maximum Gasteiger partial charge on any atom is 0.229 e. The highest BCUT2D eigenvalue weighted by atomic mass is 79.9. The van der Waals surface area contributed by atoms with Crippen molar-refractivity contribution >= 4 is 59.4 Å². The fraction of sp³-hybridized carbons (Fsp3) is 0.417. The molecule has 1 heterocycles. The fourth-order valence-electron chi connectivity index (χ4n) is 2.04. The molecule has 0 aromatic heterocycles. The summed E-state index contributed by atoms with van der Waals surface area (Å²) < 4.78 is 2.67. The molecule has 2 N–H and O–H groups in total. The van der Waals surface area contributed by atoms with Crippen molar-refractivity contribution in [2.45, 2.75) is 6.92 Å². The number of hydrogen-bond acceptors (Lipinski definition) is 2. The van der Waals surface area contributed by atoms with Crippen LogP contribution in [0.3, 0.4) is 0 Å². The van der Waals surface area contributed by atoms with Gasteiger partial charge in [0.15, 0.2) is 0 Å². The lowest BCUT2D eigenvalue weighted by Gasteiger charge is -2.16. The van der Waals surface area contributed by atoms with Gasteiger partial charge in [-0.15, -0.1) is 0 Å². The summed E-state index contributed by atoms with van der Waals surface area (Å²) in [5, 5.41) is 6.22. The second kappa shape index (κ2) is 6.03. The van der Waals surface area contributed by atoms with Crippen molar-refractivity contribution in [1.29, 1.82) is 0 Å². The fourth-order valence-corrected chi connectivity index (χ4v) is 4.50. The van der Waals surface area contributed by atoms with Crippen LogP contribution >= 0.6 is 47.8 Å². The molecule has 0 spiro atoms. The topological polar surface area (TPSA) is 41.1 Å². The Morgan fingerprint density at radius 1 is 1.28 bits per heavy atom. The molecule has 3 nitrogen and oxygen atoms in total. The van der Waals surface area contributed by atoms with Crippen LogP contribution in [0.4, 0.5) is 5.69 Å². The molecule has 6 heteroatoms. The van der Waals surface area contributed by atoms with Crippen LogP contribution in [-0.2, 0) is 4.79 Å². The smallest absolute Gasteiger partial charge is 0.229 e. The standard InChI is InChI=1S/C12H13Br3N2O/c1-6-4-16-5-8(6)12(18)17-11-9(14)2-7(13)3-10(11)15/h2-3,6,8,16H,4-5H2,1H3,(H,17,18)/t6-,8-/m1/s1. The Hall–Kier alpha value is 0.0900. The van der Waals surface area contributed by atoms with Gasteiger partial charge >= 0.3 is 0 Å². The number of rotatable bonds is 2. The summed E-state index contributed by atoms with van der Waals surface area (Å²) in [6.45, 7) is 3.75. The first-order valence-corrected chi connectivity index (χ1v) is 8.03. The van der Waals surface area contributed by atoms with E-state index in [0.29, 0.717) is 5.92 Å². The minimum Gasteiger partial charge on any atom is -0.324 e. The van der Waals surface area contributed by atoms with E-state index < -0.39 is 0 Å². The first kappa shape index (κ1) is 14.5. The lowest BCUT2D eigenvalue weighted by atomic mass is 9.97. The number of nitrogens with one attached hydrogen (secondary N) is 2. The first-order chi connectivity index (χ1) is 8.49. The molecule has 1 fully saturated rings. The average Bonchev–Trinajstić information content (AvgIpc) is 2.69. The molecule has 98 valence electrons. The highest BCUT2D eigenvalue weighted by Gasteiger charge is 2.30. The van der Waals surface area contributed by atoms with E-state index in [9.17, 15) is 4.79 Å². The molecular formula is C12H13Br3N2O. The van der Waals surface area contributed by atoms with Crippen molar-refractivity contribution in [1.82, 2.24) is 5.32 Å². The maximum absolute atomic E-state index is 12.2. The Morgan fingerprint density at radius 2 is 1.89 bits per heavy atom. The van der Waals surface area contributed by atoms with Crippen molar-refractivity contribution in [2.75, 3.05) is 18.4 Å². The normalized spacial score (nSPS) is 23.1. The third-order valence-corrected chi connectivity index (χ3v) is 4.82. The van der Waals surface area contributed by atoms with E-state index in [0.717, 1.165) is 32.2 Å². The maximum atomic E-state index is 12.2. The van der Waals surface area contributed by atoms with Gasteiger partial charge in [0.1, 0.15) is 0 Å². The van der Waals surface area contributed by atoms with E-state index in [-0.39, 0.29) is 11.8 Å². The summed E-state index contributed by atoms with van der Waals surface area (Å²) >= 11 is 10.3. The summed E-state index contributed by atoms with van der Waals surface area (Å²) in [5.41, 5.74) is 0.780. The number of benzene rings is 1. The number of hydrogen-bond donors (Lipinski definition) is 2. The Labute approximate surface area is 131 Å². The number of carbonyl (C=O) groups excluding carboxylic acids is 1. The Morgan fingerprint density at radius 3 is 2.39 bits per heavy atom. The van der Waals surface area contributed by atoms with Gasteiger partial charge in [-0.25, -0.2) is 0 Å². The summed E-state index contributed by atoms with van der Waals surface area (Å²) in [5.74, 6) is 0.474. The van der Waals surface area contributed by atoms with Crippen LogP contribution in [0.2, 0.25) is 0 Å². The van der Waals surface area contributed by atoms with Crippen molar-refractivity contribution in [2.24, 2.45) is 11.8 Å². The molecule has 0 saturated carbocycles. The molecule has 0 bridgehead atoms. The van der Waals surface area contributed by atoms with Gasteiger partial charge in [-0.1, -0.05) is 22.9 Å². The van der Waals surface area contributed by atoms with Gasteiger partial charge in [-0.2, -0.15) is 0 Å². The van der Waals surface area contributed by atoms with E-state index in [2.05, 4.69) is 65.3 Å². The van der Waals surface area contributed by atoms with Gasteiger partial charge in [0.2, 0.25) is 5.91 Å². The zero-order chi connectivity index (χ0) is 13.3. The van der Waals surface area contributed by atoms with Crippen molar-refractivity contribution < 1.29 is 4.79 Å². The summed E-state index contributed by atoms with van der Waals surface area (Å²) in [7, 11) is 0. The van der Waals surface area contributed by atoms with Crippen LogP contribution in [0.15, 0.2) is 25.6 Å². The van der Waals surface area contributed by atoms with Gasteiger partial charge in [-0.3, -0.25) is 4.79 Å². The van der Waals surface area contributed by atoms with Crippen molar-refractivity contribution in [3.63, 3.8) is 0 Å². The Kier molecular flexibility index (Phi) is 4.86. The van der Waals surface area contributed by atoms with E-state index in [4.69, 9.17) is 0 Å². The monoisotopic (exact) mass is 438 g/mol. The van der Waals surface area contributed by atoms with Crippen LogP contribution < -0.4 is 10.6 Å². The summed E-state index contributed by atoms with van der Waals surface area (Å²) in [4.78, 5) is 12.2. The molecule has 0 unspecified atom stereocenters. The van der Waals surface area contributed by atoms with E-state index in [1.165, 1.54) is 0 Å². The lowest BCUT2D eigenvalue weighted by Crippen LogP contribution is -2.28. The van der Waals surface area contributed by atoms with Crippen LogP contribution in [0, 0.1) is 11.8 Å². The minimum absolute atomic E-state index is 0.0347. The molecule has 1 aromatic carbocycles. The third kappa shape index (κ3) is 3.15. The predicted octanol–water partition coefficient (Wildman–Crippen LogP) is 3.77. The largest absolute Gasteiger partial charge is 0.324 e. The second-order valence-electron chi connectivity index (χ2n) is 4.48. The lowest BCUT2D eigenvalue weighted by molar-refractivity contribution is -0.120. The molecule has 1 aliphatic rings. The van der Waals surface area contributed by atoms with Gasteiger partial charge in [0, 0.05) is 20.0 Å². The molecule has 0 aliphatic carbocycles. The zero-order valence-corrected chi connectivity index (χ0v) is 14.5. The summed E-state index contributed by atoms with van der Waals surface area (Å²) in [6, 6.07) is 3.83. The molecule has 2 atom stereocenters. The Bertz CT molecular complexity index is 455. The molecule has 2 rings (SSSR count). The van der Waals surface area contributed by atoms with Crippen LogP contribution in [-0.4, -0.2) is 19.0 Å². The van der Waals surface area contributed by atoms with Crippen molar-refractivity contribution in [3.8, 4) is 0 Å². The molecular weight excluding hydrogens is 428 g/mol. The van der Waals surface area contributed by atoms with Gasteiger partial charge in [-0.05, 0) is 56.5 Å². The third-order valence-electron chi connectivity index (χ3n) is 3.11. The molecule has 1 aromatic rings. The minimum atomic E-state index is 0.0347. The molecule has 0 radical (unpaired) electrons. The van der Waals surface area contributed by atoms with E-state index in [1.807, 2.05) is 12.1 Å². The van der Waals surface area contributed by atoms with E-state index >= 15 is 0 Å². The predicted molar refractivity (Wildman–Crippen MR) is 83.7 cm³/mol. The quantitative estimate of drug-likeness (QED) is 0.735. The van der Waals surface area contributed by atoms with Crippen LogP contribution in [0.25, 0.3) is 0 Å². The average molecular weight is 441 g/mol. The number of halogens is 3. The molecule has 1 saturated heterocycles. The van der Waals surface area contributed by atoms with Crippen molar-refractivity contribution in [3.05, 3.63) is 25.6 Å². The first-order valence-electron chi connectivity index (χ1n) is 5.65. The Balaban J connectivity index is 2.17. The second-order valence-corrected chi connectivity index (χ2v) is 7.10. The highest BCUT2D eigenvalue weighted by molar-refractivity contribution is 9.11. The number of carbonyl (C=O) groups is 1. The number of amides is 1. The molecule has 18 heavy (non-hydrogen) atoms. The highest BCUT2D eigenvalue weighted by Crippen LogP contribution is 2.35. The van der Waals surface area contributed by atoms with Gasteiger partial charge in [0.25, 0.3) is 0 Å². The van der Waals surface area contributed by atoms with Crippen LogP contribution in [0.5, 0.6) is 0 Å². The van der Waals surface area contributed by atoms with Gasteiger partial charge < -0.3 is 10.6 Å². The van der Waals surface area contributed by atoms with Gasteiger partial charge in [0.05, 0.1) is 11.6 Å². The van der Waals surface area contributed by atoms with Crippen LogP contribution in [0.1, 0.15) is 6.92 Å². The summed E-state index contributed by atoms with van der Waals surface area (Å²) in [6.07, 6.45) is 0.